The molecule has 0 aliphatic heterocycles. The molecular formula is C74H119N9O20. The molecule has 0 aromatic heterocycles. The quantitative estimate of drug-likeness (QED) is 0.0279. The summed E-state index contributed by atoms with van der Waals surface area (Å²) >= 11 is 0. The topological polar surface area (TPSA) is 398 Å². The monoisotopic (exact) mass is 1450 g/mol. The van der Waals surface area contributed by atoms with Crippen molar-refractivity contribution >= 4 is 71.3 Å². The highest BCUT2D eigenvalue weighted by atomic mass is 16.6. The molecule has 29 nitrogen and oxygen atoms in total. The van der Waals surface area contributed by atoms with Gasteiger partial charge in [0.05, 0.1) is 48.6 Å². The summed E-state index contributed by atoms with van der Waals surface area (Å²) in [4.78, 5) is 168. The van der Waals surface area contributed by atoms with Crippen LogP contribution in [0.5, 0.6) is 5.75 Å². The van der Waals surface area contributed by atoms with Crippen LogP contribution in [0.15, 0.2) is 54.6 Å². The van der Waals surface area contributed by atoms with Crippen LogP contribution >= 0.6 is 0 Å². The summed E-state index contributed by atoms with van der Waals surface area (Å²) in [6.07, 6.45) is -5.16. The third-order valence-electron chi connectivity index (χ3n) is 14.3. The molecule has 10 N–H and O–H groups in total. The van der Waals surface area contributed by atoms with Gasteiger partial charge in [-0.15, -0.1) is 0 Å². The van der Waals surface area contributed by atoms with E-state index in [1.807, 2.05) is 20.8 Å². The van der Waals surface area contributed by atoms with Crippen LogP contribution in [-0.4, -0.2) is 189 Å². The van der Waals surface area contributed by atoms with Crippen LogP contribution in [0.1, 0.15) is 210 Å². The Bertz CT molecular complexity index is 3210. The average Bonchev–Trinajstić information content (AvgIpc) is 0.833. The Morgan fingerprint density at radius 1 is 0.437 bits per heavy atom. The van der Waals surface area contributed by atoms with Crippen LogP contribution in [0.2, 0.25) is 0 Å². The van der Waals surface area contributed by atoms with Crippen molar-refractivity contribution in [3.8, 4) is 5.75 Å². The lowest BCUT2D eigenvalue weighted by molar-refractivity contribution is -0.159. The third-order valence-corrected chi connectivity index (χ3v) is 14.3. The molecule has 29 heteroatoms. The van der Waals surface area contributed by atoms with Gasteiger partial charge in [-0.1, -0.05) is 49.4 Å². The number of alkyl carbamates (subject to hydrolysis) is 1. The minimum Gasteiger partial charge on any atom is -0.488 e. The molecule has 2 aromatic rings. The molecule has 580 valence electrons. The minimum atomic E-state index is -1.81. The second kappa shape index (κ2) is 38.4. The Morgan fingerprint density at radius 3 is 1.36 bits per heavy atom. The number of carboxylic acid groups (broad SMARTS) is 1. The zero-order chi connectivity index (χ0) is 79.2. The van der Waals surface area contributed by atoms with Gasteiger partial charge < -0.3 is 86.1 Å². The number of benzene rings is 2. The SMILES string of the molecule is CC[C@](C)(NC(=O)[C@H](Cc1ccc(OC(C)(C)C)cc1)NC(=O)OC(C)(C)C)C(=O)N[C@@H](CCC(=O)OC(C)(C)C)C(=O)NCC(=O)N[C@H](C(=O)N[C@@H](Cc1ccccc1)C(=O)N[C@H](C(=O)N[C@@H](COC(C)(C)C)C(=O)N[C@@H](CC(=O)OC(C)(C)C)C(=O)O)[C@@H](C)OC(C)(C)C)[C@@H](C)OC(C)(C)C. The molecular weight excluding hydrogens is 1330 g/mol. The van der Waals surface area contributed by atoms with Crippen LogP contribution in [0.3, 0.4) is 0 Å². The number of esters is 2. The highest BCUT2D eigenvalue weighted by molar-refractivity contribution is 5.99. The second-order valence-electron chi connectivity index (χ2n) is 32.6. The van der Waals surface area contributed by atoms with Crippen LogP contribution < -0.4 is 52.6 Å². The highest BCUT2D eigenvalue weighted by Crippen LogP contribution is 2.23. The maximum Gasteiger partial charge on any atom is 0.408 e. The lowest BCUT2D eigenvalue weighted by atomic mass is 9.95. The summed E-state index contributed by atoms with van der Waals surface area (Å²) in [5, 5.41) is 33.4. The molecule has 0 bridgehead atoms. The van der Waals surface area contributed by atoms with Gasteiger partial charge in [-0.05, 0) is 202 Å². The predicted molar refractivity (Wildman–Crippen MR) is 385 cm³/mol. The summed E-state index contributed by atoms with van der Waals surface area (Å²) in [7, 11) is 0. The number of rotatable bonds is 35. The molecule has 0 aliphatic rings. The first-order valence-electron chi connectivity index (χ1n) is 34.7. The summed E-state index contributed by atoms with van der Waals surface area (Å²) in [5.41, 5.74) is -6.82. The van der Waals surface area contributed by atoms with E-state index in [0.717, 1.165) is 0 Å². The summed E-state index contributed by atoms with van der Waals surface area (Å²) in [6.45, 7) is 40.1. The van der Waals surface area contributed by atoms with E-state index in [2.05, 4.69) is 47.9 Å². The zero-order valence-electron chi connectivity index (χ0n) is 65.3. The standard InChI is InChI=1S/C74H119N9O20/c1-26-74(25,83-61(90)50(80-66(96)103-73(22,23)24)39-46-32-34-47(35-33-46)100-70(13,14)15)65(95)79-48(36-37-54(85)101-71(16,17)18)58(87)75-41-53(84)81-56(43(2)98-68(7,8)9)62(91)76-49(38-45-30-28-27-29-31-45)59(88)82-57(44(3)99-69(10,11)12)63(92)78-52(42-97-67(4,5)6)60(89)77-51(64(93)94)40-55(86)102-72(19,20)21/h27-35,43-44,48-52,56-57H,26,36-42H2,1-25H3,(H,75,87)(H,76,91)(H,77,89)(H,78,92)(H,79,95)(H,80,96)(H,81,84)(H,82,88)(H,83,90)(H,93,94)/t43-,44-,48+,49+,50+,51+,52+,56+,57+,74+/m1/s1. The van der Waals surface area contributed by atoms with Crippen LogP contribution in [0.4, 0.5) is 4.79 Å². The maximum atomic E-state index is 15.0. The average molecular weight is 1450 g/mol. The van der Waals surface area contributed by atoms with Gasteiger partial charge >= 0.3 is 24.0 Å². The van der Waals surface area contributed by atoms with Gasteiger partial charge in [0, 0.05) is 19.3 Å². The number of carbonyl (C=O) groups is 12. The van der Waals surface area contributed by atoms with Crippen molar-refractivity contribution in [2.24, 2.45) is 0 Å². The molecule has 0 fully saturated rings. The van der Waals surface area contributed by atoms with Gasteiger partial charge in [-0.25, -0.2) is 9.59 Å². The molecule has 0 saturated heterocycles. The Hall–Kier alpha value is -8.44. The minimum absolute atomic E-state index is 0.0602. The summed E-state index contributed by atoms with van der Waals surface area (Å²) < 4.78 is 40.6. The number of carboxylic acids is 1. The van der Waals surface area contributed by atoms with Crippen molar-refractivity contribution in [1.82, 2.24) is 47.9 Å². The first-order valence-corrected chi connectivity index (χ1v) is 34.7. The first kappa shape index (κ1) is 90.6. The lowest BCUT2D eigenvalue weighted by Crippen LogP contribution is -2.64. The molecule has 2 rings (SSSR count). The van der Waals surface area contributed by atoms with Crippen molar-refractivity contribution in [2.45, 2.75) is 311 Å². The Labute approximate surface area is 608 Å². The van der Waals surface area contributed by atoms with Gasteiger partial charge in [-0.2, -0.15) is 0 Å². The van der Waals surface area contributed by atoms with E-state index in [1.165, 1.54) is 20.8 Å². The third kappa shape index (κ3) is 37.0. The zero-order valence-corrected chi connectivity index (χ0v) is 65.3. The van der Waals surface area contributed by atoms with Crippen LogP contribution in [0, 0.1) is 0 Å². The maximum absolute atomic E-state index is 15.0. The fraction of sp³-hybridized carbons (Fsp3) is 0.676. The fourth-order valence-corrected chi connectivity index (χ4v) is 9.78. The van der Waals surface area contributed by atoms with Crippen LogP contribution in [0.25, 0.3) is 0 Å². The number of hydrogen-bond donors (Lipinski definition) is 10. The van der Waals surface area contributed by atoms with Crippen LogP contribution in [-0.2, 0) is 94.0 Å². The summed E-state index contributed by atoms with van der Waals surface area (Å²) in [5.74, 6) is -10.3. The van der Waals surface area contributed by atoms with E-state index in [4.69, 9.17) is 33.2 Å². The molecule has 0 saturated carbocycles. The van der Waals surface area contributed by atoms with Gasteiger partial charge in [0.1, 0.15) is 76.0 Å². The molecule has 0 spiro atoms. The molecule has 10 atom stereocenters. The van der Waals surface area contributed by atoms with E-state index < -0.39 is 196 Å². The number of carbonyl (C=O) groups excluding carboxylic acids is 11. The Balaban J connectivity index is 2.65. The van der Waals surface area contributed by atoms with E-state index in [9.17, 15) is 57.8 Å². The summed E-state index contributed by atoms with van der Waals surface area (Å²) in [6, 6.07) is 4.19. The number of nitrogens with one attached hydrogen (secondary N) is 9. The van der Waals surface area contributed by atoms with E-state index in [0.29, 0.717) is 16.9 Å². The van der Waals surface area contributed by atoms with Gasteiger partial charge in [0.15, 0.2) is 0 Å². The second-order valence-corrected chi connectivity index (χ2v) is 32.6. The van der Waals surface area contributed by atoms with Crippen molar-refractivity contribution < 1.29 is 95.8 Å². The van der Waals surface area contributed by atoms with E-state index in [-0.39, 0.29) is 25.7 Å². The molecule has 0 radical (unpaired) electrons. The predicted octanol–water partition coefficient (Wildman–Crippen LogP) is 6.01. The number of hydrogen-bond acceptors (Lipinski definition) is 19. The van der Waals surface area contributed by atoms with E-state index in [1.54, 1.807) is 186 Å². The molecule has 2 aromatic carbocycles. The first-order chi connectivity index (χ1) is 46.9. The van der Waals surface area contributed by atoms with Crippen molar-refractivity contribution in [1.29, 1.82) is 0 Å². The van der Waals surface area contributed by atoms with Crippen molar-refractivity contribution in [3.63, 3.8) is 0 Å². The lowest BCUT2D eigenvalue weighted by Gasteiger charge is -2.34. The largest absolute Gasteiger partial charge is 0.488 e. The number of ether oxygens (including phenoxy) is 7. The fourth-order valence-electron chi connectivity index (χ4n) is 9.78. The van der Waals surface area contributed by atoms with Crippen molar-refractivity contribution in [3.05, 3.63) is 65.7 Å². The van der Waals surface area contributed by atoms with E-state index >= 15 is 4.79 Å². The molecule has 0 heterocycles. The smallest absolute Gasteiger partial charge is 0.408 e. The number of aliphatic carboxylic acids is 1. The molecule has 103 heavy (non-hydrogen) atoms. The molecule has 0 unspecified atom stereocenters. The molecule has 9 amide bonds. The highest BCUT2D eigenvalue weighted by Gasteiger charge is 2.42. The van der Waals surface area contributed by atoms with Gasteiger partial charge in [0.25, 0.3) is 0 Å². The Kier molecular flexibility index (Phi) is 33.8. The van der Waals surface area contributed by atoms with Gasteiger partial charge in [0.2, 0.25) is 47.3 Å². The van der Waals surface area contributed by atoms with Crippen molar-refractivity contribution in [2.75, 3.05) is 13.2 Å². The normalized spacial score (nSPS) is 15.5. The molecule has 0 aliphatic carbocycles. The van der Waals surface area contributed by atoms with Gasteiger partial charge in [-0.3, -0.25) is 47.9 Å². The Morgan fingerprint density at radius 2 is 0.893 bits per heavy atom. The number of amides is 9.